The number of aryl methyl sites for hydroxylation is 1. The quantitative estimate of drug-likeness (QED) is 0.553. The van der Waals surface area contributed by atoms with Crippen molar-refractivity contribution in [3.05, 3.63) is 71.5 Å². The van der Waals surface area contributed by atoms with Crippen LogP contribution in [-0.4, -0.2) is 27.3 Å². The molecule has 3 heterocycles. The van der Waals surface area contributed by atoms with Gasteiger partial charge in [-0.05, 0) is 42.5 Å². The number of aromatic nitrogens is 2. The Morgan fingerprint density at radius 1 is 1.00 bits per heavy atom. The summed E-state index contributed by atoms with van der Waals surface area (Å²) in [4.78, 5) is 21.5. The van der Waals surface area contributed by atoms with E-state index in [1.54, 1.807) is 0 Å². The molecule has 4 heteroatoms. The molecule has 1 amide bonds. The number of aromatic amines is 2. The normalized spacial score (nSPS) is 14.0. The van der Waals surface area contributed by atoms with Gasteiger partial charge in [0, 0.05) is 46.7 Å². The molecule has 0 atom stereocenters. The van der Waals surface area contributed by atoms with E-state index >= 15 is 0 Å². The van der Waals surface area contributed by atoms with Crippen LogP contribution in [0.15, 0.2) is 54.7 Å². The highest BCUT2D eigenvalue weighted by atomic mass is 16.2. The molecule has 0 saturated carbocycles. The van der Waals surface area contributed by atoms with Gasteiger partial charge in [-0.2, -0.15) is 0 Å². The van der Waals surface area contributed by atoms with Gasteiger partial charge in [0.2, 0.25) is 5.91 Å². The molecule has 4 aromatic rings. The van der Waals surface area contributed by atoms with Crippen molar-refractivity contribution < 1.29 is 4.79 Å². The SMILES string of the molecule is O=C(CCCc1c[nH]c2ccccc12)N1CCc2c([nH]c3ccccc23)C1. The molecule has 27 heavy (non-hydrogen) atoms. The highest BCUT2D eigenvalue weighted by Crippen LogP contribution is 2.28. The van der Waals surface area contributed by atoms with Crippen LogP contribution in [0.25, 0.3) is 21.8 Å². The number of carbonyl (C=O) groups is 1. The van der Waals surface area contributed by atoms with Gasteiger partial charge < -0.3 is 14.9 Å². The van der Waals surface area contributed by atoms with Crippen LogP contribution in [0, 0.1) is 0 Å². The number of nitrogens with zero attached hydrogens (tertiary/aromatic N) is 1. The first-order valence-electron chi connectivity index (χ1n) is 9.71. The second kappa shape index (κ2) is 6.62. The fourth-order valence-electron chi connectivity index (χ4n) is 4.33. The van der Waals surface area contributed by atoms with Gasteiger partial charge in [0.25, 0.3) is 0 Å². The second-order valence-electron chi connectivity index (χ2n) is 7.41. The van der Waals surface area contributed by atoms with E-state index in [-0.39, 0.29) is 5.91 Å². The summed E-state index contributed by atoms with van der Waals surface area (Å²) in [7, 11) is 0. The maximum absolute atomic E-state index is 12.7. The Balaban J connectivity index is 1.23. The maximum atomic E-state index is 12.7. The lowest BCUT2D eigenvalue weighted by atomic mass is 10.0. The van der Waals surface area contributed by atoms with E-state index in [1.165, 1.54) is 38.6 Å². The summed E-state index contributed by atoms with van der Waals surface area (Å²) >= 11 is 0. The van der Waals surface area contributed by atoms with Crippen LogP contribution in [0.2, 0.25) is 0 Å². The molecule has 0 saturated heterocycles. The number of nitrogens with one attached hydrogen (secondary N) is 2. The molecule has 4 nitrogen and oxygen atoms in total. The van der Waals surface area contributed by atoms with Crippen molar-refractivity contribution in [3.8, 4) is 0 Å². The van der Waals surface area contributed by atoms with E-state index in [0.29, 0.717) is 13.0 Å². The summed E-state index contributed by atoms with van der Waals surface area (Å²) in [5.41, 5.74) is 6.23. The van der Waals surface area contributed by atoms with Crippen LogP contribution >= 0.6 is 0 Å². The van der Waals surface area contributed by atoms with Gasteiger partial charge in [-0.25, -0.2) is 0 Å². The highest BCUT2D eigenvalue weighted by Gasteiger charge is 2.23. The first-order valence-corrected chi connectivity index (χ1v) is 9.71. The van der Waals surface area contributed by atoms with Crippen LogP contribution in [0.4, 0.5) is 0 Å². The monoisotopic (exact) mass is 357 g/mol. The van der Waals surface area contributed by atoms with Gasteiger partial charge in [0.05, 0.1) is 6.54 Å². The predicted molar refractivity (Wildman–Crippen MR) is 109 cm³/mol. The van der Waals surface area contributed by atoms with Crippen LogP contribution in [0.1, 0.15) is 29.7 Å². The molecule has 0 unspecified atom stereocenters. The van der Waals surface area contributed by atoms with Crippen LogP contribution in [-0.2, 0) is 24.2 Å². The first kappa shape index (κ1) is 16.2. The average molecular weight is 357 g/mol. The molecule has 0 aliphatic carbocycles. The largest absolute Gasteiger partial charge is 0.361 e. The van der Waals surface area contributed by atoms with Gasteiger partial charge >= 0.3 is 0 Å². The van der Waals surface area contributed by atoms with E-state index in [9.17, 15) is 4.79 Å². The Bertz CT molecular complexity index is 1120. The van der Waals surface area contributed by atoms with Crippen LogP contribution < -0.4 is 0 Å². The third kappa shape index (κ3) is 2.91. The van der Waals surface area contributed by atoms with Crippen LogP contribution in [0.3, 0.4) is 0 Å². The molecule has 0 fully saturated rings. The molecular formula is C23H23N3O. The topological polar surface area (TPSA) is 51.9 Å². The molecule has 2 aromatic carbocycles. The Morgan fingerprint density at radius 2 is 1.78 bits per heavy atom. The summed E-state index contributed by atoms with van der Waals surface area (Å²) in [6.07, 6.45) is 5.44. The zero-order valence-electron chi connectivity index (χ0n) is 15.3. The third-order valence-electron chi connectivity index (χ3n) is 5.75. The summed E-state index contributed by atoms with van der Waals surface area (Å²) in [6.45, 7) is 1.52. The maximum Gasteiger partial charge on any atom is 0.222 e. The Hall–Kier alpha value is -3.01. The molecule has 136 valence electrons. The lowest BCUT2D eigenvalue weighted by molar-refractivity contribution is -0.132. The van der Waals surface area contributed by atoms with E-state index in [1.807, 2.05) is 11.0 Å². The molecule has 1 aliphatic rings. The molecule has 1 aliphatic heterocycles. The molecule has 0 spiro atoms. The summed E-state index contributed by atoms with van der Waals surface area (Å²) in [5, 5.41) is 2.57. The molecule has 0 radical (unpaired) electrons. The van der Waals surface area contributed by atoms with Crippen molar-refractivity contribution in [2.45, 2.75) is 32.2 Å². The second-order valence-corrected chi connectivity index (χ2v) is 7.41. The van der Waals surface area contributed by atoms with Crippen molar-refractivity contribution in [3.63, 3.8) is 0 Å². The number of rotatable bonds is 4. The summed E-state index contributed by atoms with van der Waals surface area (Å²) < 4.78 is 0. The van der Waals surface area contributed by atoms with Gasteiger partial charge in [0.15, 0.2) is 0 Å². The number of hydrogen-bond acceptors (Lipinski definition) is 1. The zero-order valence-corrected chi connectivity index (χ0v) is 15.3. The molecule has 0 bridgehead atoms. The minimum absolute atomic E-state index is 0.263. The minimum Gasteiger partial charge on any atom is -0.361 e. The van der Waals surface area contributed by atoms with Crippen LogP contribution in [0.5, 0.6) is 0 Å². The lowest BCUT2D eigenvalue weighted by Gasteiger charge is -2.27. The Labute approximate surface area is 158 Å². The van der Waals surface area contributed by atoms with Gasteiger partial charge in [-0.15, -0.1) is 0 Å². The zero-order chi connectivity index (χ0) is 18.2. The smallest absolute Gasteiger partial charge is 0.222 e. The Morgan fingerprint density at radius 3 is 2.67 bits per heavy atom. The predicted octanol–water partition coefficient (Wildman–Crippen LogP) is 4.56. The van der Waals surface area contributed by atoms with Crippen molar-refractivity contribution >= 4 is 27.7 Å². The van der Waals surface area contributed by atoms with E-state index in [2.05, 4.69) is 58.6 Å². The van der Waals surface area contributed by atoms with Crippen molar-refractivity contribution in [1.82, 2.24) is 14.9 Å². The number of para-hydroxylation sites is 2. The third-order valence-corrected chi connectivity index (χ3v) is 5.75. The standard InChI is InChI=1S/C23H23N3O/c27-23(11-5-6-16-14-24-20-9-3-1-7-17(16)20)26-13-12-19-18-8-2-4-10-21(18)25-22(19)15-26/h1-4,7-10,14,24-25H,5-6,11-13,15H2. The molecule has 2 N–H and O–H groups in total. The molecule has 2 aromatic heterocycles. The summed E-state index contributed by atoms with van der Waals surface area (Å²) in [5.74, 6) is 0.263. The number of benzene rings is 2. The highest BCUT2D eigenvalue weighted by molar-refractivity contribution is 5.86. The first-order chi connectivity index (χ1) is 13.3. The number of carbonyl (C=O) groups excluding carboxylic acids is 1. The lowest BCUT2D eigenvalue weighted by Crippen LogP contribution is -2.35. The molecular weight excluding hydrogens is 334 g/mol. The van der Waals surface area contributed by atoms with Gasteiger partial charge in [-0.1, -0.05) is 36.4 Å². The van der Waals surface area contributed by atoms with Crippen molar-refractivity contribution in [2.24, 2.45) is 0 Å². The van der Waals surface area contributed by atoms with Crippen molar-refractivity contribution in [1.29, 1.82) is 0 Å². The van der Waals surface area contributed by atoms with E-state index < -0.39 is 0 Å². The fourth-order valence-corrected chi connectivity index (χ4v) is 4.33. The number of hydrogen-bond donors (Lipinski definition) is 2. The number of H-pyrrole nitrogens is 2. The van der Waals surface area contributed by atoms with E-state index in [0.717, 1.165) is 25.8 Å². The minimum atomic E-state index is 0.263. The van der Waals surface area contributed by atoms with E-state index in [4.69, 9.17) is 0 Å². The van der Waals surface area contributed by atoms with Gasteiger partial charge in [-0.3, -0.25) is 4.79 Å². The summed E-state index contributed by atoms with van der Waals surface area (Å²) in [6, 6.07) is 16.8. The van der Waals surface area contributed by atoms with Crippen molar-refractivity contribution in [2.75, 3.05) is 6.54 Å². The number of fused-ring (bicyclic) bond motifs is 4. The number of amides is 1. The molecule has 5 rings (SSSR count). The fraction of sp³-hybridized carbons (Fsp3) is 0.261. The Kier molecular flexibility index (Phi) is 3.97. The van der Waals surface area contributed by atoms with Gasteiger partial charge in [0.1, 0.15) is 0 Å². The average Bonchev–Trinajstić information content (AvgIpc) is 3.28.